The lowest BCUT2D eigenvalue weighted by Crippen LogP contribution is -2.42. The number of hydrogen-bond acceptors (Lipinski definition) is 2. The van der Waals surface area contributed by atoms with Gasteiger partial charge in [0.25, 0.3) is 0 Å². The molecule has 102 valence electrons. The average Bonchev–Trinajstić information content (AvgIpc) is 3.04. The van der Waals surface area contributed by atoms with Crippen LogP contribution in [0.25, 0.3) is 22.2 Å². The molecule has 0 amide bonds. The Morgan fingerprint density at radius 2 is 2.10 bits per heavy atom. The van der Waals surface area contributed by atoms with E-state index in [2.05, 4.69) is 33.2 Å². The lowest BCUT2D eigenvalue weighted by atomic mass is 9.68. The normalized spacial score (nSPS) is 17.2. The average molecular weight is 266 g/mol. The van der Waals surface area contributed by atoms with Crippen LogP contribution >= 0.6 is 0 Å². The van der Waals surface area contributed by atoms with Gasteiger partial charge in [0, 0.05) is 34.6 Å². The molecule has 0 radical (unpaired) electrons. The molecule has 1 fully saturated rings. The first kappa shape index (κ1) is 11.7. The van der Waals surface area contributed by atoms with Crippen LogP contribution < -0.4 is 5.73 Å². The van der Waals surface area contributed by atoms with Crippen molar-refractivity contribution >= 4 is 10.9 Å². The largest absolute Gasteiger partial charge is 0.360 e. The summed E-state index contributed by atoms with van der Waals surface area (Å²) in [5, 5.41) is 1.22. The molecular formula is C16H18N4. The molecule has 4 nitrogen and oxygen atoms in total. The van der Waals surface area contributed by atoms with Gasteiger partial charge in [0.1, 0.15) is 5.82 Å². The van der Waals surface area contributed by atoms with Crippen molar-refractivity contribution in [3.05, 3.63) is 42.5 Å². The van der Waals surface area contributed by atoms with Gasteiger partial charge in [0.05, 0.1) is 11.9 Å². The molecule has 1 aliphatic carbocycles. The maximum absolute atomic E-state index is 5.95. The highest BCUT2D eigenvalue weighted by molar-refractivity contribution is 5.94. The summed E-state index contributed by atoms with van der Waals surface area (Å²) in [7, 11) is 0. The lowest BCUT2D eigenvalue weighted by Gasteiger charge is -2.39. The predicted octanol–water partition coefficient (Wildman–Crippen LogP) is 2.94. The van der Waals surface area contributed by atoms with Crippen molar-refractivity contribution in [3.63, 3.8) is 0 Å². The van der Waals surface area contributed by atoms with E-state index < -0.39 is 0 Å². The van der Waals surface area contributed by atoms with Crippen LogP contribution in [0.1, 0.15) is 25.1 Å². The Kier molecular flexibility index (Phi) is 2.47. The fourth-order valence-corrected chi connectivity index (χ4v) is 3.16. The number of nitrogens with zero attached hydrogens (tertiary/aromatic N) is 1. The van der Waals surface area contributed by atoms with E-state index in [9.17, 15) is 0 Å². The number of aromatic nitrogens is 3. The molecule has 0 saturated heterocycles. The summed E-state index contributed by atoms with van der Waals surface area (Å²) in [5.74, 6) is 1.05. The van der Waals surface area contributed by atoms with Gasteiger partial charge in [-0.3, -0.25) is 0 Å². The lowest BCUT2D eigenvalue weighted by molar-refractivity contribution is 0.240. The molecule has 4 rings (SSSR count). The van der Waals surface area contributed by atoms with E-state index in [1.807, 2.05) is 18.5 Å². The highest BCUT2D eigenvalue weighted by Crippen LogP contribution is 2.42. The van der Waals surface area contributed by atoms with Crippen molar-refractivity contribution in [2.45, 2.75) is 24.7 Å². The second-order valence-corrected chi connectivity index (χ2v) is 5.73. The Morgan fingerprint density at radius 3 is 2.85 bits per heavy atom. The standard InChI is InChI=1S/C16H18N4/c17-10-16(6-3-7-16)15-19-9-14(20-15)12-8-18-13-5-2-1-4-11(12)13/h1-2,4-5,8-9,18H,3,6-7,10,17H2,(H,19,20). The van der Waals surface area contributed by atoms with Crippen molar-refractivity contribution in [2.75, 3.05) is 6.54 Å². The molecule has 4 N–H and O–H groups in total. The first-order valence-corrected chi connectivity index (χ1v) is 7.14. The molecule has 20 heavy (non-hydrogen) atoms. The van der Waals surface area contributed by atoms with Crippen LogP contribution in [0.3, 0.4) is 0 Å². The third-order valence-corrected chi connectivity index (χ3v) is 4.66. The minimum Gasteiger partial charge on any atom is -0.360 e. The first-order valence-electron chi connectivity index (χ1n) is 7.14. The van der Waals surface area contributed by atoms with Crippen LogP contribution in [0.15, 0.2) is 36.7 Å². The topological polar surface area (TPSA) is 70.5 Å². The quantitative estimate of drug-likeness (QED) is 0.682. The molecule has 1 aliphatic rings. The maximum atomic E-state index is 5.95. The van der Waals surface area contributed by atoms with E-state index in [0.29, 0.717) is 6.54 Å². The number of hydrogen-bond donors (Lipinski definition) is 3. The number of benzene rings is 1. The number of fused-ring (bicyclic) bond motifs is 1. The zero-order chi connectivity index (χ0) is 13.6. The van der Waals surface area contributed by atoms with E-state index in [1.54, 1.807) is 0 Å². The van der Waals surface area contributed by atoms with E-state index >= 15 is 0 Å². The Balaban J connectivity index is 1.78. The molecule has 1 saturated carbocycles. The van der Waals surface area contributed by atoms with Gasteiger partial charge in [0.15, 0.2) is 0 Å². The third-order valence-electron chi connectivity index (χ3n) is 4.66. The summed E-state index contributed by atoms with van der Waals surface area (Å²) in [5.41, 5.74) is 9.43. The smallest absolute Gasteiger partial charge is 0.114 e. The van der Waals surface area contributed by atoms with E-state index in [0.717, 1.165) is 29.9 Å². The van der Waals surface area contributed by atoms with Gasteiger partial charge in [-0.05, 0) is 18.9 Å². The zero-order valence-electron chi connectivity index (χ0n) is 11.3. The molecule has 0 unspecified atom stereocenters. The molecule has 4 heteroatoms. The van der Waals surface area contributed by atoms with E-state index in [-0.39, 0.29) is 5.41 Å². The Hall–Kier alpha value is -2.07. The SMILES string of the molecule is NCC1(c2ncc(-c3c[nH]c4ccccc34)[nH]2)CCC1. The predicted molar refractivity (Wildman–Crippen MR) is 80.5 cm³/mol. The number of aromatic amines is 2. The molecule has 0 atom stereocenters. The van der Waals surface area contributed by atoms with Crippen molar-refractivity contribution in [3.8, 4) is 11.3 Å². The second-order valence-electron chi connectivity index (χ2n) is 5.73. The molecule has 0 aliphatic heterocycles. The minimum absolute atomic E-state index is 0.0877. The van der Waals surface area contributed by atoms with Gasteiger partial charge >= 0.3 is 0 Å². The van der Waals surface area contributed by atoms with Crippen molar-refractivity contribution in [1.82, 2.24) is 15.0 Å². The number of imidazole rings is 1. The van der Waals surface area contributed by atoms with Gasteiger partial charge in [0.2, 0.25) is 0 Å². The van der Waals surface area contributed by atoms with Gasteiger partial charge in [-0.2, -0.15) is 0 Å². The molecule has 0 bridgehead atoms. The zero-order valence-corrected chi connectivity index (χ0v) is 11.3. The van der Waals surface area contributed by atoms with Gasteiger partial charge in [-0.25, -0.2) is 4.98 Å². The Labute approximate surface area is 117 Å². The summed E-state index contributed by atoms with van der Waals surface area (Å²) in [6.07, 6.45) is 7.51. The summed E-state index contributed by atoms with van der Waals surface area (Å²) in [6, 6.07) is 8.32. The van der Waals surface area contributed by atoms with Crippen LogP contribution in [0.2, 0.25) is 0 Å². The second kappa shape index (κ2) is 4.21. The number of rotatable bonds is 3. The molecule has 3 aromatic rings. The van der Waals surface area contributed by atoms with Crippen LogP contribution in [0.5, 0.6) is 0 Å². The monoisotopic (exact) mass is 266 g/mol. The number of H-pyrrole nitrogens is 2. The van der Waals surface area contributed by atoms with Gasteiger partial charge < -0.3 is 15.7 Å². The summed E-state index contributed by atoms with van der Waals surface area (Å²) in [6.45, 7) is 0.674. The number of nitrogens with two attached hydrogens (primary N) is 1. The van der Waals surface area contributed by atoms with Crippen molar-refractivity contribution in [2.24, 2.45) is 5.73 Å². The molecule has 2 aromatic heterocycles. The summed E-state index contributed by atoms with van der Waals surface area (Å²) < 4.78 is 0. The Bertz CT molecular complexity index is 743. The fourth-order valence-electron chi connectivity index (χ4n) is 3.16. The summed E-state index contributed by atoms with van der Waals surface area (Å²) in [4.78, 5) is 11.4. The van der Waals surface area contributed by atoms with Crippen molar-refractivity contribution < 1.29 is 0 Å². The van der Waals surface area contributed by atoms with Crippen LogP contribution in [-0.4, -0.2) is 21.5 Å². The maximum Gasteiger partial charge on any atom is 0.114 e. The van der Waals surface area contributed by atoms with Gasteiger partial charge in [-0.15, -0.1) is 0 Å². The highest BCUT2D eigenvalue weighted by Gasteiger charge is 2.39. The molecule has 2 heterocycles. The van der Waals surface area contributed by atoms with E-state index in [1.165, 1.54) is 17.4 Å². The number of nitrogens with one attached hydrogen (secondary N) is 2. The molecule has 1 aromatic carbocycles. The fraction of sp³-hybridized carbons (Fsp3) is 0.312. The Morgan fingerprint density at radius 1 is 1.25 bits per heavy atom. The first-order chi connectivity index (χ1) is 9.82. The highest BCUT2D eigenvalue weighted by atomic mass is 15.0. The van der Waals surface area contributed by atoms with Crippen LogP contribution in [-0.2, 0) is 5.41 Å². The summed E-state index contributed by atoms with van der Waals surface area (Å²) >= 11 is 0. The third kappa shape index (κ3) is 1.55. The van der Waals surface area contributed by atoms with Gasteiger partial charge in [-0.1, -0.05) is 24.6 Å². The van der Waals surface area contributed by atoms with Crippen molar-refractivity contribution in [1.29, 1.82) is 0 Å². The van der Waals surface area contributed by atoms with Crippen LogP contribution in [0.4, 0.5) is 0 Å². The van der Waals surface area contributed by atoms with E-state index in [4.69, 9.17) is 5.73 Å². The number of para-hydroxylation sites is 1. The van der Waals surface area contributed by atoms with Crippen LogP contribution in [0, 0.1) is 0 Å². The minimum atomic E-state index is 0.0877. The molecular weight excluding hydrogens is 248 g/mol. The molecule has 0 spiro atoms.